The summed E-state index contributed by atoms with van der Waals surface area (Å²) < 4.78 is 5.20. The van der Waals surface area contributed by atoms with E-state index in [4.69, 9.17) is 4.42 Å². The molecule has 1 aliphatic rings. The molecular weight excluding hydrogens is 270 g/mol. The molecule has 1 aromatic rings. The molecule has 6 heteroatoms. The summed E-state index contributed by atoms with van der Waals surface area (Å²) in [6.45, 7) is 8.90. The molecule has 1 aromatic heterocycles. The van der Waals surface area contributed by atoms with E-state index in [1.807, 2.05) is 17.9 Å². The fourth-order valence-electron chi connectivity index (χ4n) is 2.70. The molecule has 0 spiro atoms. The molecule has 0 saturated carbocycles. The van der Waals surface area contributed by atoms with Crippen LogP contribution in [0.1, 0.15) is 26.5 Å². The number of aliphatic hydroxyl groups is 1. The second-order valence-electron chi connectivity index (χ2n) is 6.33. The van der Waals surface area contributed by atoms with Gasteiger partial charge in [-0.15, -0.1) is 0 Å². The summed E-state index contributed by atoms with van der Waals surface area (Å²) in [4.78, 5) is 16.2. The predicted molar refractivity (Wildman–Crippen MR) is 79.8 cm³/mol. The Hall–Kier alpha value is -1.53. The van der Waals surface area contributed by atoms with Gasteiger partial charge in [0.1, 0.15) is 5.76 Å². The fourth-order valence-corrected chi connectivity index (χ4v) is 2.70. The number of amides is 2. The van der Waals surface area contributed by atoms with Crippen LogP contribution in [0.25, 0.3) is 0 Å². The van der Waals surface area contributed by atoms with Gasteiger partial charge in [-0.2, -0.15) is 0 Å². The van der Waals surface area contributed by atoms with Gasteiger partial charge in [-0.05, 0) is 32.9 Å². The van der Waals surface area contributed by atoms with Crippen molar-refractivity contribution < 1.29 is 14.3 Å². The van der Waals surface area contributed by atoms with Crippen LogP contribution in [-0.4, -0.2) is 58.8 Å². The summed E-state index contributed by atoms with van der Waals surface area (Å²) in [7, 11) is 0. The summed E-state index contributed by atoms with van der Waals surface area (Å²) in [6.07, 6.45) is 1.60. The molecule has 2 rings (SSSR count). The first-order valence-corrected chi connectivity index (χ1v) is 7.37. The normalized spacial score (nSPS) is 20.6. The molecule has 1 fully saturated rings. The molecule has 2 heterocycles. The summed E-state index contributed by atoms with van der Waals surface area (Å²) in [6, 6.07) is 3.70. The van der Waals surface area contributed by atoms with Gasteiger partial charge in [0.2, 0.25) is 0 Å². The van der Waals surface area contributed by atoms with Crippen LogP contribution >= 0.6 is 0 Å². The second kappa shape index (κ2) is 6.49. The van der Waals surface area contributed by atoms with Gasteiger partial charge in [0.05, 0.1) is 18.4 Å². The lowest BCUT2D eigenvalue weighted by atomic mass is 10.1. The zero-order valence-electron chi connectivity index (χ0n) is 13.0. The Morgan fingerprint density at radius 3 is 2.86 bits per heavy atom. The number of piperazine rings is 1. The number of urea groups is 1. The standard InChI is InChI=1S/C15H25N3O3/c1-12-10-17(11-15(2,3)20)6-7-18(12)14(19)16-9-13-5-4-8-21-13/h4-5,8,12,20H,6-7,9-11H2,1-3H3,(H,16,19). The number of carbonyl (C=O) groups excluding carboxylic acids is 1. The van der Waals surface area contributed by atoms with E-state index in [0.29, 0.717) is 19.6 Å². The predicted octanol–water partition coefficient (Wildman–Crippen LogP) is 1.27. The number of nitrogens with zero attached hydrogens (tertiary/aromatic N) is 2. The lowest BCUT2D eigenvalue weighted by molar-refractivity contribution is 0.0118. The van der Waals surface area contributed by atoms with E-state index in [2.05, 4.69) is 10.2 Å². The SMILES string of the molecule is CC1CN(CC(C)(C)O)CCN1C(=O)NCc1ccco1. The molecule has 2 N–H and O–H groups in total. The molecule has 1 atom stereocenters. The lowest BCUT2D eigenvalue weighted by Gasteiger charge is -2.41. The van der Waals surface area contributed by atoms with Crippen LogP contribution in [0.15, 0.2) is 22.8 Å². The van der Waals surface area contributed by atoms with Crippen LogP contribution in [0, 0.1) is 0 Å². The third kappa shape index (κ3) is 4.75. The molecule has 6 nitrogen and oxygen atoms in total. The highest BCUT2D eigenvalue weighted by atomic mass is 16.3. The number of hydrogen-bond acceptors (Lipinski definition) is 4. The van der Waals surface area contributed by atoms with Gasteiger partial charge in [-0.3, -0.25) is 4.90 Å². The monoisotopic (exact) mass is 295 g/mol. The van der Waals surface area contributed by atoms with Crippen molar-refractivity contribution >= 4 is 6.03 Å². The van der Waals surface area contributed by atoms with Crippen LogP contribution < -0.4 is 5.32 Å². The van der Waals surface area contributed by atoms with Crippen molar-refractivity contribution in [2.75, 3.05) is 26.2 Å². The van der Waals surface area contributed by atoms with E-state index in [1.165, 1.54) is 0 Å². The number of β-amino-alcohol motifs (C(OH)–C–C–N with tert-alkyl or cyclic N) is 1. The van der Waals surface area contributed by atoms with Crippen LogP contribution in [0.3, 0.4) is 0 Å². The lowest BCUT2D eigenvalue weighted by Crippen LogP contribution is -2.58. The molecule has 0 aliphatic carbocycles. The van der Waals surface area contributed by atoms with Crippen molar-refractivity contribution in [1.82, 2.24) is 15.1 Å². The van der Waals surface area contributed by atoms with Crippen LogP contribution in [0.5, 0.6) is 0 Å². The van der Waals surface area contributed by atoms with Crippen LogP contribution in [0.4, 0.5) is 4.79 Å². The second-order valence-corrected chi connectivity index (χ2v) is 6.33. The highest BCUT2D eigenvalue weighted by Gasteiger charge is 2.29. The summed E-state index contributed by atoms with van der Waals surface area (Å²) in [5, 5.41) is 12.7. The van der Waals surface area contributed by atoms with E-state index in [1.54, 1.807) is 26.2 Å². The molecule has 1 aliphatic heterocycles. The van der Waals surface area contributed by atoms with E-state index in [-0.39, 0.29) is 12.1 Å². The Labute approximate surface area is 125 Å². The molecule has 21 heavy (non-hydrogen) atoms. The fraction of sp³-hybridized carbons (Fsp3) is 0.667. The summed E-state index contributed by atoms with van der Waals surface area (Å²) in [5.41, 5.74) is -0.705. The zero-order valence-corrected chi connectivity index (χ0v) is 13.0. The number of furan rings is 1. The maximum Gasteiger partial charge on any atom is 0.318 e. The van der Waals surface area contributed by atoms with Gasteiger partial charge in [0.25, 0.3) is 0 Å². The third-order valence-electron chi connectivity index (χ3n) is 3.58. The van der Waals surface area contributed by atoms with Gasteiger partial charge in [-0.25, -0.2) is 4.79 Å². The number of nitrogens with one attached hydrogen (secondary N) is 1. The van der Waals surface area contributed by atoms with Crippen LogP contribution in [0.2, 0.25) is 0 Å². The Kier molecular flexibility index (Phi) is 4.90. The Balaban J connectivity index is 1.81. The number of rotatable bonds is 4. The summed E-state index contributed by atoms with van der Waals surface area (Å²) in [5.74, 6) is 0.747. The van der Waals surface area contributed by atoms with Gasteiger partial charge in [0, 0.05) is 32.2 Å². The first kappa shape index (κ1) is 15.9. The topological polar surface area (TPSA) is 69.0 Å². The molecule has 0 radical (unpaired) electrons. The molecular formula is C15H25N3O3. The van der Waals surface area contributed by atoms with E-state index in [0.717, 1.165) is 18.8 Å². The third-order valence-corrected chi connectivity index (χ3v) is 3.58. The molecule has 1 saturated heterocycles. The van der Waals surface area contributed by atoms with Crippen molar-refractivity contribution in [3.8, 4) is 0 Å². The summed E-state index contributed by atoms with van der Waals surface area (Å²) >= 11 is 0. The highest BCUT2D eigenvalue weighted by molar-refractivity contribution is 5.74. The smallest absolute Gasteiger partial charge is 0.318 e. The minimum Gasteiger partial charge on any atom is -0.467 e. The Morgan fingerprint density at radius 1 is 1.52 bits per heavy atom. The van der Waals surface area contributed by atoms with Crippen LogP contribution in [-0.2, 0) is 6.54 Å². The molecule has 2 amide bonds. The maximum atomic E-state index is 12.2. The van der Waals surface area contributed by atoms with Crippen molar-refractivity contribution in [2.45, 2.75) is 39.0 Å². The Morgan fingerprint density at radius 2 is 2.29 bits per heavy atom. The van der Waals surface area contributed by atoms with Crippen molar-refractivity contribution in [1.29, 1.82) is 0 Å². The first-order valence-electron chi connectivity index (χ1n) is 7.37. The Bertz CT molecular complexity index is 453. The van der Waals surface area contributed by atoms with Gasteiger partial charge >= 0.3 is 6.03 Å². The van der Waals surface area contributed by atoms with Gasteiger partial charge in [-0.1, -0.05) is 0 Å². The largest absolute Gasteiger partial charge is 0.467 e. The van der Waals surface area contributed by atoms with E-state index >= 15 is 0 Å². The number of hydrogen-bond donors (Lipinski definition) is 2. The molecule has 0 bridgehead atoms. The minimum atomic E-state index is -0.705. The van der Waals surface area contributed by atoms with Gasteiger partial charge < -0.3 is 19.7 Å². The average Bonchev–Trinajstić information content (AvgIpc) is 2.87. The van der Waals surface area contributed by atoms with E-state index in [9.17, 15) is 9.90 Å². The van der Waals surface area contributed by atoms with Crippen molar-refractivity contribution in [2.24, 2.45) is 0 Å². The van der Waals surface area contributed by atoms with Crippen molar-refractivity contribution in [3.63, 3.8) is 0 Å². The maximum absolute atomic E-state index is 12.2. The average molecular weight is 295 g/mol. The molecule has 118 valence electrons. The molecule has 0 aromatic carbocycles. The minimum absolute atomic E-state index is 0.0678. The molecule has 1 unspecified atom stereocenters. The highest BCUT2D eigenvalue weighted by Crippen LogP contribution is 2.13. The number of carbonyl (C=O) groups is 1. The quantitative estimate of drug-likeness (QED) is 0.877. The van der Waals surface area contributed by atoms with Crippen molar-refractivity contribution in [3.05, 3.63) is 24.2 Å². The first-order chi connectivity index (χ1) is 9.85. The van der Waals surface area contributed by atoms with E-state index < -0.39 is 5.60 Å². The zero-order chi connectivity index (χ0) is 15.5. The van der Waals surface area contributed by atoms with Gasteiger partial charge in [0.15, 0.2) is 0 Å².